The number of carbonyl (C=O) groups is 3. The van der Waals surface area contributed by atoms with Crippen LogP contribution in [0.2, 0.25) is 0 Å². The molecule has 0 aromatic heterocycles. The van der Waals surface area contributed by atoms with Crippen molar-refractivity contribution in [2.24, 2.45) is 10.7 Å². The van der Waals surface area contributed by atoms with Crippen LogP contribution in [0.3, 0.4) is 0 Å². The molecule has 3 atom stereocenters. The van der Waals surface area contributed by atoms with E-state index < -0.39 is 46.6 Å². The van der Waals surface area contributed by atoms with Gasteiger partial charge in [-0.05, 0) is 38.3 Å². The van der Waals surface area contributed by atoms with Crippen molar-refractivity contribution in [2.45, 2.75) is 44.8 Å². The largest absolute Gasteiger partial charge is 0.394 e. The molecule has 6 N–H and O–H groups in total. The Balaban J connectivity index is 2.62. The molecule has 0 fully saturated rings. The summed E-state index contributed by atoms with van der Waals surface area (Å²) in [6.07, 6.45) is 2.77. The summed E-state index contributed by atoms with van der Waals surface area (Å²) >= 11 is 0. The highest BCUT2D eigenvalue weighted by atomic mass is 32.2. The number of amidine groups is 1. The third kappa shape index (κ3) is 11.4. The third-order valence-corrected chi connectivity index (χ3v) is 5.43. The lowest BCUT2D eigenvalue weighted by molar-refractivity contribution is -0.130. The van der Waals surface area contributed by atoms with Crippen LogP contribution in [0.25, 0.3) is 6.08 Å². The zero-order chi connectivity index (χ0) is 24.9. The summed E-state index contributed by atoms with van der Waals surface area (Å²) in [4.78, 5) is 39.9. The fourth-order valence-electron chi connectivity index (χ4n) is 2.57. The number of aldehydes is 1. The number of hydrogen-bond donors (Lipinski definition) is 5. The standard InChI is InChI=1S/C21H31N5O6S/c1-15(20(29)25-18(13-27)9-6-11-23-16(2)22)24-21(30)19(14-28)26-33(31,32)12-10-17-7-4-3-5-8-17/h3-5,7-8,10,12-13,15,18-19,26,28H,6,9,11,14H2,1-2H3,(H2,22,23)(H,24,30)(H,25,29)/b12-10+/t15-,18-,19+/m0/s1. The summed E-state index contributed by atoms with van der Waals surface area (Å²) in [5.41, 5.74) is 6.06. The fraction of sp³-hybridized carbons (Fsp3) is 0.429. The lowest BCUT2D eigenvalue weighted by Gasteiger charge is -2.20. The van der Waals surface area contributed by atoms with E-state index in [9.17, 15) is 27.9 Å². The molecule has 0 bridgehead atoms. The van der Waals surface area contributed by atoms with E-state index in [0.29, 0.717) is 37.1 Å². The zero-order valence-corrected chi connectivity index (χ0v) is 19.4. The van der Waals surface area contributed by atoms with Crippen molar-refractivity contribution in [1.82, 2.24) is 15.4 Å². The van der Waals surface area contributed by atoms with E-state index in [1.54, 1.807) is 37.3 Å². The van der Waals surface area contributed by atoms with Crippen LogP contribution in [0.15, 0.2) is 40.7 Å². The van der Waals surface area contributed by atoms with Crippen molar-refractivity contribution in [3.8, 4) is 0 Å². The Morgan fingerprint density at radius 3 is 2.42 bits per heavy atom. The molecule has 1 rings (SSSR count). The highest BCUT2D eigenvalue weighted by molar-refractivity contribution is 7.92. The second-order valence-corrected chi connectivity index (χ2v) is 8.86. The summed E-state index contributed by atoms with van der Waals surface area (Å²) in [5, 5.41) is 15.1. The monoisotopic (exact) mass is 481 g/mol. The normalized spacial score (nSPS) is 14.9. The van der Waals surface area contributed by atoms with Gasteiger partial charge in [0.05, 0.1) is 18.5 Å². The smallest absolute Gasteiger partial charge is 0.242 e. The van der Waals surface area contributed by atoms with Crippen LogP contribution in [-0.4, -0.2) is 68.7 Å². The lowest BCUT2D eigenvalue weighted by Crippen LogP contribution is -2.54. The van der Waals surface area contributed by atoms with Crippen LogP contribution in [0.5, 0.6) is 0 Å². The van der Waals surface area contributed by atoms with E-state index in [1.165, 1.54) is 13.0 Å². The first-order valence-electron chi connectivity index (χ1n) is 10.3. The maximum absolute atomic E-state index is 12.4. The molecule has 33 heavy (non-hydrogen) atoms. The average molecular weight is 482 g/mol. The van der Waals surface area contributed by atoms with Crippen molar-refractivity contribution in [3.63, 3.8) is 0 Å². The van der Waals surface area contributed by atoms with Crippen molar-refractivity contribution < 1.29 is 27.9 Å². The van der Waals surface area contributed by atoms with Gasteiger partial charge in [-0.15, -0.1) is 0 Å². The number of aliphatic imine (C=N–C) groups is 1. The molecule has 0 saturated heterocycles. The maximum Gasteiger partial charge on any atom is 0.242 e. The minimum Gasteiger partial charge on any atom is -0.394 e. The molecule has 12 heteroatoms. The predicted molar refractivity (Wildman–Crippen MR) is 125 cm³/mol. The average Bonchev–Trinajstić information content (AvgIpc) is 2.78. The van der Waals surface area contributed by atoms with E-state index >= 15 is 0 Å². The molecule has 0 aliphatic heterocycles. The predicted octanol–water partition coefficient (Wildman–Crippen LogP) is -0.717. The fourth-order valence-corrected chi connectivity index (χ4v) is 3.56. The van der Waals surface area contributed by atoms with Gasteiger partial charge in [-0.2, -0.15) is 4.72 Å². The Bertz CT molecular complexity index is 945. The number of nitrogens with one attached hydrogen (secondary N) is 3. The molecule has 0 heterocycles. The molecule has 0 aliphatic carbocycles. The van der Waals surface area contributed by atoms with Crippen LogP contribution in [0.4, 0.5) is 0 Å². The number of benzene rings is 1. The van der Waals surface area contributed by atoms with E-state index in [0.717, 1.165) is 5.41 Å². The van der Waals surface area contributed by atoms with Crippen molar-refractivity contribution in [1.29, 1.82) is 0 Å². The minimum atomic E-state index is -4.05. The molecule has 0 saturated carbocycles. The van der Waals surface area contributed by atoms with E-state index in [4.69, 9.17) is 5.73 Å². The Labute approximate surface area is 193 Å². The second-order valence-electron chi connectivity index (χ2n) is 7.26. The quantitative estimate of drug-likeness (QED) is 0.101. The van der Waals surface area contributed by atoms with Crippen molar-refractivity contribution >= 4 is 40.0 Å². The summed E-state index contributed by atoms with van der Waals surface area (Å²) in [6.45, 7) is 2.60. The molecule has 0 aliphatic rings. The number of aliphatic hydroxyl groups is 1. The number of aliphatic hydroxyl groups excluding tert-OH is 1. The van der Waals surface area contributed by atoms with E-state index in [2.05, 4.69) is 20.3 Å². The van der Waals surface area contributed by atoms with Crippen molar-refractivity contribution in [2.75, 3.05) is 13.2 Å². The van der Waals surface area contributed by atoms with Crippen LogP contribution >= 0.6 is 0 Å². The number of nitrogens with zero attached hydrogens (tertiary/aromatic N) is 1. The van der Waals surface area contributed by atoms with E-state index in [-0.39, 0.29) is 0 Å². The third-order valence-electron chi connectivity index (χ3n) is 4.32. The van der Waals surface area contributed by atoms with Gasteiger partial charge in [-0.1, -0.05) is 30.3 Å². The minimum absolute atomic E-state index is 0.333. The van der Waals surface area contributed by atoms with Gasteiger partial charge in [0.1, 0.15) is 18.4 Å². The summed E-state index contributed by atoms with van der Waals surface area (Å²) in [5.74, 6) is -1.11. The summed E-state index contributed by atoms with van der Waals surface area (Å²) in [7, 11) is -4.05. The number of sulfonamides is 1. The van der Waals surface area contributed by atoms with Gasteiger partial charge >= 0.3 is 0 Å². The molecular weight excluding hydrogens is 450 g/mol. The van der Waals surface area contributed by atoms with Crippen LogP contribution in [0.1, 0.15) is 32.3 Å². The molecule has 1 aromatic rings. The van der Waals surface area contributed by atoms with Crippen LogP contribution < -0.4 is 21.1 Å². The summed E-state index contributed by atoms with van der Waals surface area (Å²) in [6, 6.07) is 5.28. The number of carbonyl (C=O) groups excluding carboxylic acids is 3. The number of rotatable bonds is 14. The Morgan fingerprint density at radius 2 is 1.85 bits per heavy atom. The Kier molecular flexibility index (Phi) is 12.0. The second kappa shape index (κ2) is 14.1. The maximum atomic E-state index is 12.4. The van der Waals surface area contributed by atoms with E-state index in [1.807, 2.05) is 0 Å². The van der Waals surface area contributed by atoms with Gasteiger partial charge in [0.25, 0.3) is 0 Å². The van der Waals surface area contributed by atoms with Gasteiger partial charge < -0.3 is 26.3 Å². The summed E-state index contributed by atoms with van der Waals surface area (Å²) < 4.78 is 26.5. The van der Waals surface area contributed by atoms with Gasteiger partial charge in [-0.25, -0.2) is 8.42 Å². The molecule has 1 aromatic carbocycles. The SMILES string of the molecule is CC(N)=NCCC[C@@H](C=O)NC(=O)[C@H](C)NC(=O)[C@@H](CO)NS(=O)(=O)/C=C/c1ccccc1. The highest BCUT2D eigenvalue weighted by Gasteiger charge is 2.26. The Hall–Kier alpha value is -3.09. The van der Waals surface area contributed by atoms with Gasteiger partial charge in [0.15, 0.2) is 0 Å². The van der Waals surface area contributed by atoms with Crippen LogP contribution in [-0.2, 0) is 24.4 Å². The molecule has 0 spiro atoms. The van der Waals surface area contributed by atoms with Crippen LogP contribution in [0, 0.1) is 0 Å². The first-order valence-corrected chi connectivity index (χ1v) is 11.8. The van der Waals surface area contributed by atoms with Gasteiger partial charge in [0, 0.05) is 12.0 Å². The topological polar surface area (TPSA) is 180 Å². The molecule has 0 unspecified atom stereocenters. The highest BCUT2D eigenvalue weighted by Crippen LogP contribution is 2.04. The molecule has 11 nitrogen and oxygen atoms in total. The van der Waals surface area contributed by atoms with Gasteiger partial charge in [-0.3, -0.25) is 14.6 Å². The first-order chi connectivity index (χ1) is 15.6. The molecule has 182 valence electrons. The first kappa shape index (κ1) is 27.9. The van der Waals surface area contributed by atoms with Crippen molar-refractivity contribution in [3.05, 3.63) is 41.3 Å². The number of nitrogens with two attached hydrogens (primary N) is 1. The molecular formula is C21H31N5O6S. The Morgan fingerprint density at radius 1 is 1.18 bits per heavy atom. The zero-order valence-electron chi connectivity index (χ0n) is 18.6. The molecule has 0 radical (unpaired) electrons. The van der Waals surface area contributed by atoms with Gasteiger partial charge in [0.2, 0.25) is 21.8 Å². The lowest BCUT2D eigenvalue weighted by atomic mass is 10.1. The number of amides is 2. The number of hydrogen-bond acceptors (Lipinski definition) is 7. The molecule has 2 amide bonds.